The number of hydrogen-bond acceptors (Lipinski definition) is 3. The van der Waals surface area contributed by atoms with Crippen LogP contribution in [0.25, 0.3) is 0 Å². The average molecular weight is 294 g/mol. The van der Waals surface area contributed by atoms with Crippen molar-refractivity contribution in [1.82, 2.24) is 0 Å². The highest BCUT2D eigenvalue weighted by Crippen LogP contribution is 2.49. The minimum atomic E-state index is -0.937. The molecule has 0 radical (unpaired) electrons. The molecule has 2 rings (SSSR count). The molecule has 0 amide bonds. The topological polar surface area (TPSA) is 63.6 Å². The fourth-order valence-corrected chi connectivity index (χ4v) is 3.70. The van der Waals surface area contributed by atoms with E-state index in [0.29, 0.717) is 11.1 Å². The van der Waals surface area contributed by atoms with Crippen LogP contribution in [0.4, 0.5) is 0 Å². The van der Waals surface area contributed by atoms with Crippen molar-refractivity contribution < 1.29 is 19.4 Å². The Kier molecular flexibility index (Phi) is 5.43. The highest BCUT2D eigenvalue weighted by molar-refractivity contribution is 6.01. The first-order valence-corrected chi connectivity index (χ1v) is 8.26. The fraction of sp³-hybridized carbons (Fsp3) is 0.765. The summed E-state index contributed by atoms with van der Waals surface area (Å²) in [5, 5.41) is 9.35. The number of ether oxygens (including phenoxy) is 1. The van der Waals surface area contributed by atoms with Gasteiger partial charge in [-0.1, -0.05) is 26.7 Å². The van der Waals surface area contributed by atoms with Gasteiger partial charge in [0.15, 0.2) is 0 Å². The summed E-state index contributed by atoms with van der Waals surface area (Å²) in [6, 6.07) is 0. The van der Waals surface area contributed by atoms with E-state index in [1.54, 1.807) is 0 Å². The van der Waals surface area contributed by atoms with Crippen LogP contribution in [0.5, 0.6) is 0 Å². The van der Waals surface area contributed by atoms with Gasteiger partial charge >= 0.3 is 11.9 Å². The number of carboxylic acids is 1. The van der Waals surface area contributed by atoms with Gasteiger partial charge in [-0.3, -0.25) is 0 Å². The molecule has 21 heavy (non-hydrogen) atoms. The molecule has 4 nitrogen and oxygen atoms in total. The number of carbonyl (C=O) groups is 2. The van der Waals surface area contributed by atoms with Crippen LogP contribution in [-0.4, -0.2) is 23.1 Å². The van der Waals surface area contributed by atoms with Gasteiger partial charge < -0.3 is 9.84 Å². The van der Waals surface area contributed by atoms with Gasteiger partial charge in [0.1, 0.15) is 6.10 Å². The lowest BCUT2D eigenvalue weighted by molar-refractivity contribution is -0.146. The van der Waals surface area contributed by atoms with E-state index in [1.165, 1.54) is 0 Å². The molecule has 1 fully saturated rings. The predicted octanol–water partition coefficient (Wildman–Crippen LogP) is 3.70. The van der Waals surface area contributed by atoms with E-state index in [9.17, 15) is 14.7 Å². The summed E-state index contributed by atoms with van der Waals surface area (Å²) < 4.78 is 5.60. The zero-order valence-corrected chi connectivity index (χ0v) is 13.1. The zero-order valence-electron chi connectivity index (χ0n) is 13.1. The van der Waals surface area contributed by atoms with E-state index < -0.39 is 5.97 Å². The van der Waals surface area contributed by atoms with Crippen LogP contribution < -0.4 is 0 Å². The first-order valence-electron chi connectivity index (χ1n) is 8.26. The lowest BCUT2D eigenvalue weighted by atomic mass is 9.91. The number of carbonyl (C=O) groups excluding carboxylic acids is 1. The molecule has 2 aliphatic rings. The Balaban J connectivity index is 2.03. The van der Waals surface area contributed by atoms with Crippen LogP contribution in [0, 0.1) is 11.8 Å². The van der Waals surface area contributed by atoms with Gasteiger partial charge in [-0.2, -0.15) is 0 Å². The molecule has 0 saturated heterocycles. The van der Waals surface area contributed by atoms with E-state index in [4.69, 9.17) is 4.74 Å². The van der Waals surface area contributed by atoms with Crippen molar-refractivity contribution in [3.8, 4) is 0 Å². The highest BCUT2D eigenvalue weighted by atomic mass is 16.5. The zero-order chi connectivity index (χ0) is 15.4. The molecule has 4 heteroatoms. The standard InChI is InChI=1S/C17H26O4/c1-3-5-6-7-13(4-2)21-17(20)15-12-9-8-11(10-12)14(15)16(18)19/h11-13H,3-10H2,1-2H3,(H,18,19). The van der Waals surface area contributed by atoms with Crippen molar-refractivity contribution >= 4 is 11.9 Å². The van der Waals surface area contributed by atoms with Crippen molar-refractivity contribution in [3.05, 3.63) is 11.1 Å². The molecule has 118 valence electrons. The molecule has 1 N–H and O–H groups in total. The van der Waals surface area contributed by atoms with Crippen molar-refractivity contribution in [1.29, 1.82) is 0 Å². The van der Waals surface area contributed by atoms with E-state index in [-0.39, 0.29) is 23.9 Å². The van der Waals surface area contributed by atoms with Gasteiger partial charge in [-0.15, -0.1) is 0 Å². The summed E-state index contributed by atoms with van der Waals surface area (Å²) in [4.78, 5) is 23.8. The summed E-state index contributed by atoms with van der Waals surface area (Å²) in [7, 11) is 0. The summed E-state index contributed by atoms with van der Waals surface area (Å²) in [5.74, 6) is -1.13. The maximum atomic E-state index is 12.4. The fourth-order valence-electron chi connectivity index (χ4n) is 3.70. The van der Waals surface area contributed by atoms with Gasteiger partial charge in [0, 0.05) is 0 Å². The molecule has 1 saturated carbocycles. The second kappa shape index (κ2) is 7.10. The molecule has 2 aliphatic carbocycles. The first-order chi connectivity index (χ1) is 10.1. The number of unbranched alkanes of at least 4 members (excludes halogenated alkanes) is 2. The SMILES string of the molecule is CCCCCC(CC)OC(=O)C1=C(C(=O)O)C2CCC1C2. The Hall–Kier alpha value is -1.32. The number of carboxylic acid groups (broad SMARTS) is 1. The van der Waals surface area contributed by atoms with Gasteiger partial charge in [0.05, 0.1) is 11.1 Å². The van der Waals surface area contributed by atoms with Crippen LogP contribution >= 0.6 is 0 Å². The van der Waals surface area contributed by atoms with Crippen LogP contribution in [0.1, 0.15) is 65.2 Å². The Morgan fingerprint density at radius 3 is 2.43 bits per heavy atom. The lowest BCUT2D eigenvalue weighted by Crippen LogP contribution is -2.24. The van der Waals surface area contributed by atoms with Gasteiger partial charge in [-0.05, 0) is 50.4 Å². The van der Waals surface area contributed by atoms with Gasteiger partial charge in [0.25, 0.3) is 0 Å². The summed E-state index contributed by atoms with van der Waals surface area (Å²) in [5.41, 5.74) is 0.798. The Bertz CT molecular complexity index is 438. The number of fused-ring (bicyclic) bond motifs is 2. The van der Waals surface area contributed by atoms with Crippen molar-refractivity contribution in [2.45, 2.75) is 71.3 Å². The monoisotopic (exact) mass is 294 g/mol. The average Bonchev–Trinajstić information content (AvgIpc) is 3.06. The third-order valence-corrected chi connectivity index (χ3v) is 4.85. The highest BCUT2D eigenvalue weighted by Gasteiger charge is 2.45. The lowest BCUT2D eigenvalue weighted by Gasteiger charge is -2.20. The quantitative estimate of drug-likeness (QED) is 0.547. The Morgan fingerprint density at radius 2 is 1.86 bits per heavy atom. The van der Waals surface area contributed by atoms with E-state index in [1.807, 2.05) is 6.92 Å². The third-order valence-electron chi connectivity index (χ3n) is 4.85. The third kappa shape index (κ3) is 3.47. The van der Waals surface area contributed by atoms with Crippen LogP contribution in [0.15, 0.2) is 11.1 Å². The van der Waals surface area contributed by atoms with E-state index in [2.05, 4.69) is 6.92 Å². The number of hydrogen-bond donors (Lipinski definition) is 1. The van der Waals surface area contributed by atoms with Gasteiger partial charge in [-0.25, -0.2) is 9.59 Å². The van der Waals surface area contributed by atoms with Crippen LogP contribution in [-0.2, 0) is 14.3 Å². The second-order valence-electron chi connectivity index (χ2n) is 6.27. The maximum absolute atomic E-state index is 12.4. The predicted molar refractivity (Wildman–Crippen MR) is 79.8 cm³/mol. The Morgan fingerprint density at radius 1 is 1.19 bits per heavy atom. The minimum Gasteiger partial charge on any atom is -0.478 e. The first kappa shape index (κ1) is 16.1. The smallest absolute Gasteiger partial charge is 0.335 e. The molecular weight excluding hydrogens is 268 g/mol. The van der Waals surface area contributed by atoms with Crippen molar-refractivity contribution in [3.63, 3.8) is 0 Å². The Labute approximate surface area is 126 Å². The molecule has 2 bridgehead atoms. The second-order valence-corrected chi connectivity index (χ2v) is 6.27. The molecular formula is C17H26O4. The summed E-state index contributed by atoms with van der Waals surface area (Å²) in [6.45, 7) is 4.16. The number of aliphatic carboxylic acids is 1. The largest absolute Gasteiger partial charge is 0.478 e. The summed E-state index contributed by atoms with van der Waals surface area (Å²) in [6.07, 6.45) is 7.57. The molecule has 0 heterocycles. The normalized spacial score (nSPS) is 25.2. The molecule has 0 aliphatic heterocycles. The maximum Gasteiger partial charge on any atom is 0.335 e. The molecule has 0 spiro atoms. The van der Waals surface area contributed by atoms with Gasteiger partial charge in [0.2, 0.25) is 0 Å². The molecule has 0 aromatic rings. The van der Waals surface area contributed by atoms with E-state index >= 15 is 0 Å². The van der Waals surface area contributed by atoms with Crippen LogP contribution in [0.2, 0.25) is 0 Å². The minimum absolute atomic E-state index is 0.0650. The molecule has 0 aromatic carbocycles. The summed E-state index contributed by atoms with van der Waals surface area (Å²) >= 11 is 0. The molecule has 0 aromatic heterocycles. The molecule has 3 unspecified atom stereocenters. The number of rotatable bonds is 8. The van der Waals surface area contributed by atoms with Crippen molar-refractivity contribution in [2.75, 3.05) is 0 Å². The molecule has 3 atom stereocenters. The van der Waals surface area contributed by atoms with Crippen molar-refractivity contribution in [2.24, 2.45) is 11.8 Å². The number of esters is 1. The van der Waals surface area contributed by atoms with Crippen LogP contribution in [0.3, 0.4) is 0 Å². The van der Waals surface area contributed by atoms with E-state index in [0.717, 1.165) is 51.4 Å².